The third kappa shape index (κ3) is 9.96. The fraction of sp³-hybridized carbons (Fsp3) is 1.00. The zero-order chi connectivity index (χ0) is 10.6. The first-order valence-corrected chi connectivity index (χ1v) is 5.75. The zero-order valence-electron chi connectivity index (χ0n) is 9.94. The molecule has 0 aromatic carbocycles. The molecule has 1 unspecified atom stereocenters. The Morgan fingerprint density at radius 3 is 2.29 bits per heavy atom. The van der Waals surface area contributed by atoms with Crippen molar-refractivity contribution >= 4 is 0 Å². The number of rotatable bonds is 10. The summed E-state index contributed by atoms with van der Waals surface area (Å²) in [5.41, 5.74) is 0. The first-order chi connectivity index (χ1) is 6.81. The molecule has 0 aliphatic rings. The van der Waals surface area contributed by atoms with Crippen molar-refractivity contribution in [3.05, 3.63) is 0 Å². The molecule has 3 nitrogen and oxygen atoms in total. The van der Waals surface area contributed by atoms with E-state index in [9.17, 15) is 0 Å². The van der Waals surface area contributed by atoms with Crippen molar-refractivity contribution in [2.75, 3.05) is 33.3 Å². The molecule has 0 rings (SSSR count). The van der Waals surface area contributed by atoms with Gasteiger partial charge in [-0.2, -0.15) is 0 Å². The van der Waals surface area contributed by atoms with Crippen LogP contribution >= 0.6 is 0 Å². The monoisotopic (exact) mass is 202 g/mol. The predicted octanol–water partition coefficient (Wildman–Crippen LogP) is 1.39. The van der Waals surface area contributed by atoms with Gasteiger partial charge < -0.3 is 15.4 Å². The summed E-state index contributed by atoms with van der Waals surface area (Å²) in [6.45, 7) is 8.67. The molecule has 0 spiro atoms. The molecule has 0 aliphatic heterocycles. The number of methoxy groups -OCH3 is 1. The molecule has 3 heteroatoms. The predicted molar refractivity (Wildman–Crippen MR) is 61.7 cm³/mol. The van der Waals surface area contributed by atoms with Crippen molar-refractivity contribution in [2.24, 2.45) is 0 Å². The smallest absolute Gasteiger partial charge is 0.0543 e. The van der Waals surface area contributed by atoms with E-state index in [-0.39, 0.29) is 0 Å². The van der Waals surface area contributed by atoms with Gasteiger partial charge >= 0.3 is 0 Å². The molecule has 1 atom stereocenters. The Balaban J connectivity index is 2.92. The first-order valence-electron chi connectivity index (χ1n) is 5.75. The quantitative estimate of drug-likeness (QED) is 0.525. The molecular weight excluding hydrogens is 176 g/mol. The van der Waals surface area contributed by atoms with Crippen molar-refractivity contribution in [2.45, 2.75) is 39.2 Å². The largest absolute Gasteiger partial charge is 0.382 e. The van der Waals surface area contributed by atoms with Crippen LogP contribution in [0.3, 0.4) is 0 Å². The van der Waals surface area contributed by atoms with E-state index in [0.717, 1.165) is 32.6 Å². The highest BCUT2D eigenvalue weighted by Gasteiger charge is 1.97. The second-order valence-electron chi connectivity index (χ2n) is 3.69. The molecule has 0 fully saturated rings. The lowest BCUT2D eigenvalue weighted by atomic mass is 10.2. The minimum absolute atomic E-state index is 0.398. The molecule has 0 aromatic heterocycles. The van der Waals surface area contributed by atoms with E-state index in [1.807, 2.05) is 0 Å². The summed E-state index contributed by atoms with van der Waals surface area (Å²) in [5.74, 6) is 0. The molecule has 0 aliphatic carbocycles. The summed E-state index contributed by atoms with van der Waals surface area (Å²) in [6.07, 6.45) is 3.95. The molecule has 86 valence electrons. The molecule has 0 bridgehead atoms. The van der Waals surface area contributed by atoms with Gasteiger partial charge in [0.1, 0.15) is 0 Å². The van der Waals surface area contributed by atoms with E-state index >= 15 is 0 Å². The lowest BCUT2D eigenvalue weighted by molar-refractivity contribution is 0.109. The van der Waals surface area contributed by atoms with Gasteiger partial charge in [-0.1, -0.05) is 6.92 Å². The van der Waals surface area contributed by atoms with Gasteiger partial charge in [-0.3, -0.25) is 0 Å². The van der Waals surface area contributed by atoms with Crippen LogP contribution in [0.4, 0.5) is 0 Å². The average molecular weight is 202 g/mol. The van der Waals surface area contributed by atoms with Crippen LogP contribution in [0.25, 0.3) is 0 Å². The lowest BCUT2D eigenvalue weighted by Gasteiger charge is -2.09. The summed E-state index contributed by atoms with van der Waals surface area (Å²) in [5, 5.41) is 6.76. The summed E-state index contributed by atoms with van der Waals surface area (Å²) in [7, 11) is 1.77. The maximum absolute atomic E-state index is 5.17. The Labute approximate surface area is 88.6 Å². The lowest BCUT2D eigenvalue weighted by Crippen LogP contribution is -2.28. The fourth-order valence-corrected chi connectivity index (χ4v) is 1.24. The van der Waals surface area contributed by atoms with Crippen LogP contribution in [-0.4, -0.2) is 39.4 Å². The van der Waals surface area contributed by atoms with Crippen LogP contribution in [0, 0.1) is 0 Å². The van der Waals surface area contributed by atoms with Crippen LogP contribution in [0.5, 0.6) is 0 Å². The normalized spacial score (nSPS) is 13.1. The standard InChI is InChI=1S/C11H26N2O/c1-4-7-12-9-10-13-8-5-6-11(2)14-3/h11-13H,4-10H2,1-3H3. The molecule has 2 N–H and O–H groups in total. The van der Waals surface area contributed by atoms with E-state index in [1.165, 1.54) is 12.8 Å². The molecule has 14 heavy (non-hydrogen) atoms. The van der Waals surface area contributed by atoms with Gasteiger partial charge in [0.15, 0.2) is 0 Å². The van der Waals surface area contributed by atoms with Gasteiger partial charge in [0.2, 0.25) is 0 Å². The highest BCUT2D eigenvalue weighted by molar-refractivity contribution is 4.54. The Hall–Kier alpha value is -0.120. The van der Waals surface area contributed by atoms with E-state index in [1.54, 1.807) is 7.11 Å². The third-order valence-electron chi connectivity index (χ3n) is 2.27. The highest BCUT2D eigenvalue weighted by Crippen LogP contribution is 1.97. The molecular formula is C11H26N2O. The van der Waals surface area contributed by atoms with Gasteiger partial charge in [-0.25, -0.2) is 0 Å². The Morgan fingerprint density at radius 1 is 1.07 bits per heavy atom. The minimum atomic E-state index is 0.398. The third-order valence-corrected chi connectivity index (χ3v) is 2.27. The second-order valence-corrected chi connectivity index (χ2v) is 3.69. The van der Waals surface area contributed by atoms with Crippen molar-refractivity contribution in [1.82, 2.24) is 10.6 Å². The van der Waals surface area contributed by atoms with Crippen LogP contribution < -0.4 is 10.6 Å². The molecule has 0 heterocycles. The topological polar surface area (TPSA) is 33.3 Å². The van der Waals surface area contributed by atoms with Gasteiger partial charge in [0.25, 0.3) is 0 Å². The van der Waals surface area contributed by atoms with Gasteiger partial charge in [-0.15, -0.1) is 0 Å². The zero-order valence-corrected chi connectivity index (χ0v) is 9.94. The van der Waals surface area contributed by atoms with Crippen LogP contribution in [-0.2, 0) is 4.74 Å². The number of nitrogens with one attached hydrogen (secondary N) is 2. The average Bonchev–Trinajstić information content (AvgIpc) is 2.21. The number of ether oxygens (including phenoxy) is 1. The van der Waals surface area contributed by atoms with E-state index < -0.39 is 0 Å². The maximum atomic E-state index is 5.17. The van der Waals surface area contributed by atoms with Crippen molar-refractivity contribution in [1.29, 1.82) is 0 Å². The number of hydrogen-bond acceptors (Lipinski definition) is 3. The van der Waals surface area contributed by atoms with Gasteiger partial charge in [-0.05, 0) is 39.3 Å². The van der Waals surface area contributed by atoms with E-state index in [4.69, 9.17) is 4.74 Å². The SMILES string of the molecule is CCCNCCNCCCC(C)OC. The van der Waals surface area contributed by atoms with Crippen molar-refractivity contribution < 1.29 is 4.74 Å². The number of hydrogen-bond donors (Lipinski definition) is 2. The van der Waals surface area contributed by atoms with Crippen LogP contribution in [0.2, 0.25) is 0 Å². The Morgan fingerprint density at radius 2 is 1.71 bits per heavy atom. The summed E-state index contributed by atoms with van der Waals surface area (Å²) >= 11 is 0. The molecule has 0 saturated heterocycles. The van der Waals surface area contributed by atoms with Gasteiger partial charge in [0, 0.05) is 20.2 Å². The Kier molecular flexibility index (Phi) is 10.9. The highest BCUT2D eigenvalue weighted by atomic mass is 16.5. The fourth-order valence-electron chi connectivity index (χ4n) is 1.24. The van der Waals surface area contributed by atoms with Crippen molar-refractivity contribution in [3.8, 4) is 0 Å². The van der Waals surface area contributed by atoms with Crippen molar-refractivity contribution in [3.63, 3.8) is 0 Å². The minimum Gasteiger partial charge on any atom is -0.382 e. The summed E-state index contributed by atoms with van der Waals surface area (Å²) < 4.78 is 5.17. The summed E-state index contributed by atoms with van der Waals surface area (Å²) in [4.78, 5) is 0. The van der Waals surface area contributed by atoms with E-state index in [2.05, 4.69) is 24.5 Å². The molecule has 0 radical (unpaired) electrons. The van der Waals surface area contributed by atoms with Crippen LogP contribution in [0.15, 0.2) is 0 Å². The summed E-state index contributed by atoms with van der Waals surface area (Å²) in [6, 6.07) is 0. The molecule has 0 aromatic rings. The maximum Gasteiger partial charge on any atom is 0.0543 e. The molecule has 0 saturated carbocycles. The van der Waals surface area contributed by atoms with Crippen LogP contribution in [0.1, 0.15) is 33.1 Å². The van der Waals surface area contributed by atoms with E-state index in [0.29, 0.717) is 6.10 Å². The second kappa shape index (κ2) is 11.0. The first kappa shape index (κ1) is 13.9. The van der Waals surface area contributed by atoms with Gasteiger partial charge in [0.05, 0.1) is 6.10 Å². The Bertz CT molecular complexity index is 109. The molecule has 0 amide bonds.